The lowest BCUT2D eigenvalue weighted by Gasteiger charge is -2.22. The number of carbonyl (C=O) groups excluding carboxylic acids is 1. The SMILES string of the molecule is CN(Cc1ccc2c(c1)OCCO2)C(=O)c1ccc(S(=O)(=O)N2CCCCCC2)cc1. The van der Waals surface area contributed by atoms with Crippen molar-refractivity contribution in [2.75, 3.05) is 33.4 Å². The average Bonchev–Trinajstić information content (AvgIpc) is 3.09. The van der Waals surface area contributed by atoms with Gasteiger partial charge in [0.15, 0.2) is 11.5 Å². The minimum Gasteiger partial charge on any atom is -0.486 e. The lowest BCUT2D eigenvalue weighted by atomic mass is 10.1. The van der Waals surface area contributed by atoms with Gasteiger partial charge in [-0.25, -0.2) is 8.42 Å². The molecule has 0 unspecified atom stereocenters. The zero-order valence-corrected chi connectivity index (χ0v) is 18.6. The Hall–Kier alpha value is -2.58. The highest BCUT2D eigenvalue weighted by molar-refractivity contribution is 7.89. The second-order valence-corrected chi connectivity index (χ2v) is 9.92. The molecule has 0 aliphatic carbocycles. The zero-order valence-electron chi connectivity index (χ0n) is 17.7. The first-order valence-corrected chi connectivity index (χ1v) is 12.1. The van der Waals surface area contributed by atoms with Gasteiger partial charge in [0.2, 0.25) is 10.0 Å². The van der Waals surface area contributed by atoms with Crippen molar-refractivity contribution in [2.45, 2.75) is 37.1 Å². The van der Waals surface area contributed by atoms with Crippen LogP contribution in [0.1, 0.15) is 41.6 Å². The van der Waals surface area contributed by atoms with Crippen molar-refractivity contribution in [1.29, 1.82) is 0 Å². The zero-order chi connectivity index (χ0) is 21.8. The first kappa shape index (κ1) is 21.6. The Balaban J connectivity index is 1.44. The molecule has 0 N–H and O–H groups in total. The van der Waals surface area contributed by atoms with E-state index < -0.39 is 10.0 Å². The summed E-state index contributed by atoms with van der Waals surface area (Å²) in [4.78, 5) is 14.7. The molecule has 4 rings (SSSR count). The Bertz CT molecular complexity index is 1030. The summed E-state index contributed by atoms with van der Waals surface area (Å²) in [5.41, 5.74) is 1.38. The molecule has 7 nitrogen and oxygen atoms in total. The molecule has 1 saturated heterocycles. The fourth-order valence-electron chi connectivity index (χ4n) is 3.95. The number of ether oxygens (including phenoxy) is 2. The summed E-state index contributed by atoms with van der Waals surface area (Å²) in [6.45, 7) is 2.57. The summed E-state index contributed by atoms with van der Waals surface area (Å²) in [5.74, 6) is 1.23. The first-order valence-electron chi connectivity index (χ1n) is 10.7. The molecule has 2 heterocycles. The summed E-state index contributed by atoms with van der Waals surface area (Å²) in [6, 6.07) is 11.9. The molecule has 2 aromatic carbocycles. The molecular weight excluding hydrogens is 416 g/mol. The van der Waals surface area contributed by atoms with Gasteiger partial charge in [-0.15, -0.1) is 0 Å². The van der Waals surface area contributed by atoms with Crippen molar-refractivity contribution >= 4 is 15.9 Å². The molecule has 2 aliphatic rings. The van der Waals surface area contributed by atoms with Crippen LogP contribution in [0.15, 0.2) is 47.4 Å². The maximum atomic E-state index is 12.9. The van der Waals surface area contributed by atoms with E-state index in [0.29, 0.717) is 49.9 Å². The third kappa shape index (κ3) is 4.85. The van der Waals surface area contributed by atoms with E-state index in [1.165, 1.54) is 12.1 Å². The molecule has 0 atom stereocenters. The van der Waals surface area contributed by atoms with Crippen molar-refractivity contribution in [3.8, 4) is 11.5 Å². The molecule has 2 aliphatic heterocycles. The molecule has 1 amide bonds. The van der Waals surface area contributed by atoms with E-state index >= 15 is 0 Å². The summed E-state index contributed by atoms with van der Waals surface area (Å²) >= 11 is 0. The molecular formula is C23H28N2O5S. The second-order valence-electron chi connectivity index (χ2n) is 7.98. The molecule has 0 aromatic heterocycles. The van der Waals surface area contributed by atoms with E-state index in [1.807, 2.05) is 18.2 Å². The number of carbonyl (C=O) groups is 1. The van der Waals surface area contributed by atoms with Crippen LogP contribution in [0.3, 0.4) is 0 Å². The lowest BCUT2D eigenvalue weighted by molar-refractivity contribution is 0.0784. The molecule has 0 bridgehead atoms. The Labute approximate surface area is 183 Å². The van der Waals surface area contributed by atoms with Gasteiger partial charge in [-0.3, -0.25) is 4.79 Å². The number of benzene rings is 2. The third-order valence-electron chi connectivity index (χ3n) is 5.68. The first-order chi connectivity index (χ1) is 14.9. The van der Waals surface area contributed by atoms with E-state index in [-0.39, 0.29) is 10.8 Å². The summed E-state index contributed by atoms with van der Waals surface area (Å²) in [7, 11) is -1.80. The number of hydrogen-bond acceptors (Lipinski definition) is 5. The molecule has 1 fully saturated rings. The topological polar surface area (TPSA) is 76.1 Å². The summed E-state index contributed by atoms with van der Waals surface area (Å²) < 4.78 is 38.5. The fourth-order valence-corrected chi connectivity index (χ4v) is 5.47. The van der Waals surface area contributed by atoms with Gasteiger partial charge in [-0.05, 0) is 54.8 Å². The molecule has 166 valence electrons. The summed E-state index contributed by atoms with van der Waals surface area (Å²) in [6.07, 6.45) is 3.91. The minimum atomic E-state index is -3.52. The average molecular weight is 445 g/mol. The Morgan fingerprint density at radius 3 is 2.26 bits per heavy atom. The van der Waals surface area contributed by atoms with Gasteiger partial charge in [0.25, 0.3) is 5.91 Å². The van der Waals surface area contributed by atoms with Crippen LogP contribution < -0.4 is 9.47 Å². The van der Waals surface area contributed by atoms with Gasteiger partial charge in [0.05, 0.1) is 4.90 Å². The summed E-state index contributed by atoms with van der Waals surface area (Å²) in [5, 5.41) is 0. The predicted octanol–water partition coefficient (Wildman–Crippen LogP) is 3.29. The van der Waals surface area contributed by atoms with E-state index in [9.17, 15) is 13.2 Å². The Kier molecular flexibility index (Phi) is 6.48. The van der Waals surface area contributed by atoms with Crippen LogP contribution in [-0.4, -0.2) is 56.9 Å². The standard InChI is InChI=1S/C23H28N2O5S/c1-24(17-18-6-11-21-22(16-18)30-15-14-29-21)23(26)19-7-9-20(10-8-19)31(27,28)25-12-4-2-3-5-13-25/h6-11,16H,2-5,12-15,17H2,1H3. The van der Waals surface area contributed by atoms with Gasteiger partial charge in [-0.1, -0.05) is 18.9 Å². The number of sulfonamides is 1. The molecule has 0 spiro atoms. The number of fused-ring (bicyclic) bond motifs is 1. The highest BCUT2D eigenvalue weighted by Crippen LogP contribution is 2.31. The fraction of sp³-hybridized carbons (Fsp3) is 0.435. The number of rotatable bonds is 5. The number of nitrogens with zero attached hydrogens (tertiary/aromatic N) is 2. The number of hydrogen-bond donors (Lipinski definition) is 0. The predicted molar refractivity (Wildman–Crippen MR) is 117 cm³/mol. The third-order valence-corrected chi connectivity index (χ3v) is 7.59. The van der Waals surface area contributed by atoms with Gasteiger partial charge in [0.1, 0.15) is 13.2 Å². The van der Waals surface area contributed by atoms with E-state index in [1.54, 1.807) is 28.4 Å². The molecule has 2 aromatic rings. The van der Waals surface area contributed by atoms with Crippen LogP contribution in [-0.2, 0) is 16.6 Å². The molecule has 0 saturated carbocycles. The smallest absolute Gasteiger partial charge is 0.253 e. The molecule has 8 heteroatoms. The van der Waals surface area contributed by atoms with Crippen LogP contribution in [0.5, 0.6) is 11.5 Å². The van der Waals surface area contributed by atoms with Gasteiger partial charge in [0, 0.05) is 32.2 Å². The largest absolute Gasteiger partial charge is 0.486 e. The van der Waals surface area contributed by atoms with Crippen molar-refractivity contribution in [3.63, 3.8) is 0 Å². The molecule has 0 radical (unpaired) electrons. The highest BCUT2D eigenvalue weighted by atomic mass is 32.2. The van der Waals surface area contributed by atoms with Crippen LogP contribution in [0.4, 0.5) is 0 Å². The maximum absolute atomic E-state index is 12.9. The van der Waals surface area contributed by atoms with Crippen LogP contribution >= 0.6 is 0 Å². The Morgan fingerprint density at radius 1 is 0.935 bits per heavy atom. The van der Waals surface area contributed by atoms with E-state index in [0.717, 1.165) is 31.2 Å². The van der Waals surface area contributed by atoms with Crippen molar-refractivity contribution in [1.82, 2.24) is 9.21 Å². The van der Waals surface area contributed by atoms with E-state index in [2.05, 4.69) is 0 Å². The van der Waals surface area contributed by atoms with Crippen molar-refractivity contribution in [3.05, 3.63) is 53.6 Å². The van der Waals surface area contributed by atoms with Crippen LogP contribution in [0.25, 0.3) is 0 Å². The number of amides is 1. The van der Waals surface area contributed by atoms with Crippen LogP contribution in [0, 0.1) is 0 Å². The van der Waals surface area contributed by atoms with Crippen molar-refractivity contribution in [2.24, 2.45) is 0 Å². The lowest BCUT2D eigenvalue weighted by Crippen LogP contribution is -2.32. The van der Waals surface area contributed by atoms with E-state index in [4.69, 9.17) is 9.47 Å². The monoisotopic (exact) mass is 444 g/mol. The quantitative estimate of drug-likeness (QED) is 0.707. The van der Waals surface area contributed by atoms with Gasteiger partial charge >= 0.3 is 0 Å². The maximum Gasteiger partial charge on any atom is 0.253 e. The van der Waals surface area contributed by atoms with Crippen molar-refractivity contribution < 1.29 is 22.7 Å². The van der Waals surface area contributed by atoms with Gasteiger partial charge in [-0.2, -0.15) is 4.31 Å². The highest BCUT2D eigenvalue weighted by Gasteiger charge is 2.25. The van der Waals surface area contributed by atoms with Gasteiger partial charge < -0.3 is 14.4 Å². The Morgan fingerprint density at radius 2 is 1.58 bits per heavy atom. The normalized spacial score (nSPS) is 17.1. The van der Waals surface area contributed by atoms with Crippen LogP contribution in [0.2, 0.25) is 0 Å². The second kappa shape index (κ2) is 9.28. The minimum absolute atomic E-state index is 0.173. The molecule has 31 heavy (non-hydrogen) atoms.